The summed E-state index contributed by atoms with van der Waals surface area (Å²) in [5.74, 6) is -0.308. The van der Waals surface area contributed by atoms with Crippen molar-refractivity contribution in [3.05, 3.63) is 78.0 Å². The van der Waals surface area contributed by atoms with E-state index >= 15 is 0 Å². The van der Waals surface area contributed by atoms with Crippen molar-refractivity contribution in [2.24, 2.45) is 0 Å². The van der Waals surface area contributed by atoms with Crippen molar-refractivity contribution in [3.8, 4) is 11.6 Å². The third-order valence-electron chi connectivity index (χ3n) is 4.10. The number of esters is 1. The summed E-state index contributed by atoms with van der Waals surface area (Å²) in [6.45, 7) is 5.84. The molecule has 2 N–H and O–H groups in total. The average Bonchev–Trinajstić information content (AvgIpc) is 2.81. The fourth-order valence-electron chi connectivity index (χ4n) is 2.61. The Bertz CT molecular complexity index is 1070. The molecule has 0 radical (unpaired) electrons. The maximum absolute atomic E-state index is 12.6. The third-order valence-corrected chi connectivity index (χ3v) is 4.10. The summed E-state index contributed by atoms with van der Waals surface area (Å²) in [5, 5.41) is 11.2. The molecular formula is C24H24F3N3O3. The second kappa shape index (κ2) is 11.7. The molecule has 0 aliphatic heterocycles. The Hall–Kier alpha value is -3.88. The van der Waals surface area contributed by atoms with Crippen LogP contribution < -0.4 is 10.1 Å². The molecule has 0 aliphatic rings. The van der Waals surface area contributed by atoms with Gasteiger partial charge in [-0.2, -0.15) is 13.2 Å². The van der Waals surface area contributed by atoms with Crippen LogP contribution in [0.2, 0.25) is 0 Å². The van der Waals surface area contributed by atoms with Gasteiger partial charge in [0, 0.05) is 29.2 Å². The molecule has 0 saturated heterocycles. The summed E-state index contributed by atoms with van der Waals surface area (Å²) < 4.78 is 48.2. The molecule has 1 heterocycles. The molecule has 0 bridgehead atoms. The van der Waals surface area contributed by atoms with Gasteiger partial charge >= 0.3 is 12.1 Å². The van der Waals surface area contributed by atoms with Gasteiger partial charge < -0.3 is 14.8 Å². The highest BCUT2D eigenvalue weighted by atomic mass is 19.4. The van der Waals surface area contributed by atoms with Crippen molar-refractivity contribution >= 4 is 23.1 Å². The van der Waals surface area contributed by atoms with Gasteiger partial charge in [-0.05, 0) is 43.3 Å². The maximum atomic E-state index is 12.6. The van der Waals surface area contributed by atoms with E-state index < -0.39 is 17.7 Å². The summed E-state index contributed by atoms with van der Waals surface area (Å²) in [6.07, 6.45) is -3.75. The van der Waals surface area contributed by atoms with Crippen molar-refractivity contribution in [2.75, 3.05) is 11.9 Å². The van der Waals surface area contributed by atoms with Crippen LogP contribution in [0.1, 0.15) is 31.9 Å². The summed E-state index contributed by atoms with van der Waals surface area (Å²) in [6, 6.07) is 15.5. The number of halogens is 3. The van der Waals surface area contributed by atoms with Crippen LogP contribution in [0.5, 0.6) is 11.6 Å². The van der Waals surface area contributed by atoms with Gasteiger partial charge in [0.05, 0.1) is 12.2 Å². The molecule has 174 valence electrons. The molecule has 0 saturated carbocycles. The number of pyridine rings is 1. The summed E-state index contributed by atoms with van der Waals surface area (Å²) >= 11 is 0. The maximum Gasteiger partial charge on any atom is 0.417 e. The van der Waals surface area contributed by atoms with Crippen molar-refractivity contribution in [1.29, 1.82) is 5.41 Å². The van der Waals surface area contributed by atoms with Gasteiger partial charge in [-0.1, -0.05) is 32.0 Å². The van der Waals surface area contributed by atoms with E-state index in [9.17, 15) is 18.0 Å². The number of aromatic nitrogens is 1. The molecule has 0 unspecified atom stereocenters. The van der Waals surface area contributed by atoms with E-state index in [1.807, 2.05) is 13.8 Å². The van der Waals surface area contributed by atoms with E-state index in [-0.39, 0.29) is 18.2 Å². The first-order chi connectivity index (χ1) is 15.8. The standard InChI is InChI=1S/C22H18F3N3O3.C2H6/c1-2-30-21(29)20(26)17-5-3-4-6-18(17)28-15-8-10-16(11-9-15)31-19-12-7-14(13-27-19)22(23,24)25;1-2/h3-13,26,28H,2H2,1H3;1-2H3. The van der Waals surface area contributed by atoms with Crippen molar-refractivity contribution in [3.63, 3.8) is 0 Å². The molecule has 0 aliphatic carbocycles. The van der Waals surface area contributed by atoms with Crippen LogP contribution in [0.3, 0.4) is 0 Å². The molecule has 33 heavy (non-hydrogen) atoms. The molecule has 0 amide bonds. The van der Waals surface area contributed by atoms with Crippen molar-refractivity contribution < 1.29 is 27.4 Å². The number of alkyl halides is 3. The first kappa shape index (κ1) is 25.4. The molecule has 9 heteroatoms. The highest BCUT2D eigenvalue weighted by Gasteiger charge is 2.30. The van der Waals surface area contributed by atoms with Crippen LogP contribution in [0.4, 0.5) is 24.5 Å². The Morgan fingerprint density at radius 1 is 1.03 bits per heavy atom. The zero-order valence-corrected chi connectivity index (χ0v) is 18.4. The first-order valence-corrected chi connectivity index (χ1v) is 10.2. The number of ether oxygens (including phenoxy) is 2. The van der Waals surface area contributed by atoms with Gasteiger partial charge in [0.1, 0.15) is 11.5 Å². The molecule has 0 spiro atoms. The van der Waals surface area contributed by atoms with Gasteiger partial charge in [0.15, 0.2) is 0 Å². The first-order valence-electron chi connectivity index (χ1n) is 10.2. The number of rotatable bonds is 7. The van der Waals surface area contributed by atoms with Gasteiger partial charge in [-0.15, -0.1) is 0 Å². The van der Waals surface area contributed by atoms with Crippen molar-refractivity contribution in [2.45, 2.75) is 26.9 Å². The minimum atomic E-state index is -4.46. The fourth-order valence-corrected chi connectivity index (χ4v) is 2.61. The van der Waals surface area contributed by atoms with Crippen LogP contribution in [0.25, 0.3) is 0 Å². The van der Waals surface area contributed by atoms with Crippen LogP contribution >= 0.6 is 0 Å². The number of nitrogens with zero attached hydrogens (tertiary/aromatic N) is 1. The number of benzene rings is 2. The highest BCUT2D eigenvalue weighted by molar-refractivity contribution is 6.43. The second-order valence-corrected chi connectivity index (χ2v) is 6.28. The number of anilines is 2. The minimum Gasteiger partial charge on any atom is -0.461 e. The highest BCUT2D eigenvalue weighted by Crippen LogP contribution is 2.30. The SMILES string of the molecule is CC.CCOC(=O)C(=N)c1ccccc1Nc1ccc(Oc2ccc(C(F)(F)F)cn2)cc1. The third kappa shape index (κ3) is 7.06. The molecule has 1 aromatic heterocycles. The number of hydrogen-bond acceptors (Lipinski definition) is 6. The number of carbonyl (C=O) groups is 1. The monoisotopic (exact) mass is 459 g/mol. The number of para-hydroxylation sites is 1. The van der Waals surface area contributed by atoms with Crippen LogP contribution in [-0.2, 0) is 15.7 Å². The topological polar surface area (TPSA) is 84.3 Å². The number of nitrogens with one attached hydrogen (secondary N) is 2. The quantitative estimate of drug-likeness (QED) is 0.307. The van der Waals surface area contributed by atoms with Crippen molar-refractivity contribution in [1.82, 2.24) is 4.98 Å². The van der Waals surface area contributed by atoms with E-state index in [0.29, 0.717) is 28.9 Å². The summed E-state index contributed by atoms with van der Waals surface area (Å²) in [5.41, 5.74) is 0.454. The smallest absolute Gasteiger partial charge is 0.417 e. The molecule has 0 atom stereocenters. The van der Waals surface area contributed by atoms with Gasteiger partial charge in [0.2, 0.25) is 5.88 Å². The molecule has 3 aromatic rings. The lowest BCUT2D eigenvalue weighted by atomic mass is 10.1. The Morgan fingerprint density at radius 2 is 1.70 bits per heavy atom. The van der Waals surface area contributed by atoms with Crippen LogP contribution in [0.15, 0.2) is 66.9 Å². The molecular weight excluding hydrogens is 435 g/mol. The lowest BCUT2D eigenvalue weighted by Crippen LogP contribution is -2.18. The van der Waals surface area contributed by atoms with E-state index in [4.69, 9.17) is 14.9 Å². The van der Waals surface area contributed by atoms with Crippen LogP contribution in [-0.4, -0.2) is 23.3 Å². The second-order valence-electron chi connectivity index (χ2n) is 6.28. The Kier molecular flexibility index (Phi) is 8.97. The lowest BCUT2D eigenvalue weighted by molar-refractivity contribution is -0.138. The molecule has 0 fully saturated rings. The predicted octanol–water partition coefficient (Wildman–Crippen LogP) is 6.59. The molecule has 2 aromatic carbocycles. The lowest BCUT2D eigenvalue weighted by Gasteiger charge is -2.13. The van der Waals surface area contributed by atoms with E-state index in [1.165, 1.54) is 0 Å². The van der Waals surface area contributed by atoms with E-state index in [0.717, 1.165) is 12.1 Å². The summed E-state index contributed by atoms with van der Waals surface area (Å²) in [7, 11) is 0. The van der Waals surface area contributed by atoms with E-state index in [1.54, 1.807) is 55.5 Å². The van der Waals surface area contributed by atoms with Gasteiger partial charge in [-0.3, -0.25) is 5.41 Å². The van der Waals surface area contributed by atoms with Gasteiger partial charge in [0.25, 0.3) is 0 Å². The summed E-state index contributed by atoms with van der Waals surface area (Å²) in [4.78, 5) is 15.6. The zero-order valence-electron chi connectivity index (χ0n) is 18.4. The predicted molar refractivity (Wildman–Crippen MR) is 120 cm³/mol. The number of hydrogen-bond donors (Lipinski definition) is 2. The Balaban J connectivity index is 0.00000187. The van der Waals surface area contributed by atoms with Crippen LogP contribution in [0, 0.1) is 5.41 Å². The molecule has 6 nitrogen and oxygen atoms in total. The average molecular weight is 459 g/mol. The Morgan fingerprint density at radius 3 is 2.27 bits per heavy atom. The fraction of sp³-hybridized carbons (Fsp3) is 0.208. The Labute approximate surface area is 189 Å². The largest absolute Gasteiger partial charge is 0.461 e. The van der Waals surface area contributed by atoms with E-state index in [2.05, 4.69) is 10.3 Å². The minimum absolute atomic E-state index is 0.0296. The number of carbonyl (C=O) groups excluding carboxylic acids is 1. The normalized spacial score (nSPS) is 10.5. The van der Waals surface area contributed by atoms with Gasteiger partial charge in [-0.25, -0.2) is 9.78 Å². The molecule has 3 rings (SSSR count). The zero-order chi connectivity index (χ0) is 24.4.